The maximum absolute atomic E-state index is 12.6. The topological polar surface area (TPSA) is 35.5 Å². The molecule has 148 valence electrons. The van der Waals surface area contributed by atoms with Gasteiger partial charge in [-0.05, 0) is 37.1 Å². The average molecular weight is 394 g/mol. The van der Waals surface area contributed by atoms with Crippen molar-refractivity contribution < 1.29 is 14.3 Å². The molecule has 0 saturated heterocycles. The third-order valence-corrected chi connectivity index (χ3v) is 4.82. The highest BCUT2D eigenvalue weighted by atomic mass is 16.7. The fourth-order valence-electron chi connectivity index (χ4n) is 3.41. The maximum atomic E-state index is 12.6. The predicted molar refractivity (Wildman–Crippen MR) is 120 cm³/mol. The third-order valence-electron chi connectivity index (χ3n) is 4.82. The van der Waals surface area contributed by atoms with Gasteiger partial charge >= 0.3 is 6.16 Å². The number of carbonyl (C=O) groups excluding carboxylic acids is 1. The van der Waals surface area contributed by atoms with Gasteiger partial charge in [-0.15, -0.1) is 0 Å². The Morgan fingerprint density at radius 2 is 1.00 bits per heavy atom. The van der Waals surface area contributed by atoms with Crippen molar-refractivity contribution in [3.8, 4) is 33.8 Å². The Bertz CT molecular complexity index is 1100. The van der Waals surface area contributed by atoms with Crippen LogP contribution in [-0.4, -0.2) is 6.16 Å². The molecule has 0 aliphatic rings. The van der Waals surface area contributed by atoms with E-state index in [-0.39, 0.29) is 0 Å². The summed E-state index contributed by atoms with van der Waals surface area (Å²) < 4.78 is 11.2. The van der Waals surface area contributed by atoms with Crippen LogP contribution in [0.15, 0.2) is 97.1 Å². The summed E-state index contributed by atoms with van der Waals surface area (Å²) in [4.78, 5) is 12.6. The van der Waals surface area contributed by atoms with Crippen LogP contribution in [0.2, 0.25) is 0 Å². The largest absolute Gasteiger partial charge is 0.519 e. The van der Waals surface area contributed by atoms with Crippen molar-refractivity contribution in [3.05, 3.63) is 108 Å². The first kappa shape index (κ1) is 19.5. The maximum Gasteiger partial charge on any atom is 0.519 e. The summed E-state index contributed by atoms with van der Waals surface area (Å²) in [6, 6.07) is 31.0. The number of hydrogen-bond donors (Lipinski definition) is 0. The van der Waals surface area contributed by atoms with Crippen molar-refractivity contribution >= 4 is 6.16 Å². The molecule has 4 aromatic rings. The molecule has 4 aromatic carbocycles. The van der Waals surface area contributed by atoms with Gasteiger partial charge in [-0.25, -0.2) is 4.79 Å². The van der Waals surface area contributed by atoms with Crippen molar-refractivity contribution in [2.24, 2.45) is 0 Å². The average Bonchev–Trinajstić information content (AvgIpc) is 2.74. The lowest BCUT2D eigenvalue weighted by atomic mass is 10.0. The van der Waals surface area contributed by atoms with Crippen LogP contribution in [0.5, 0.6) is 11.5 Å². The SMILES string of the molecule is Cc1cccc(-c2ccccc2OC(=O)Oc2ccccc2-c2cccc(C)c2)c1. The Labute approximate surface area is 176 Å². The molecule has 0 N–H and O–H groups in total. The Morgan fingerprint density at radius 1 is 0.567 bits per heavy atom. The van der Waals surface area contributed by atoms with Crippen molar-refractivity contribution in [1.82, 2.24) is 0 Å². The van der Waals surface area contributed by atoms with Crippen molar-refractivity contribution in [2.45, 2.75) is 13.8 Å². The summed E-state index contributed by atoms with van der Waals surface area (Å²) in [6.45, 7) is 4.06. The lowest BCUT2D eigenvalue weighted by Gasteiger charge is -2.13. The first-order valence-corrected chi connectivity index (χ1v) is 9.82. The van der Waals surface area contributed by atoms with Crippen LogP contribution in [0.3, 0.4) is 0 Å². The Kier molecular flexibility index (Phi) is 5.62. The number of para-hydroxylation sites is 2. The molecule has 0 amide bonds. The fourth-order valence-corrected chi connectivity index (χ4v) is 3.41. The van der Waals surface area contributed by atoms with E-state index in [0.29, 0.717) is 11.5 Å². The van der Waals surface area contributed by atoms with Crippen LogP contribution in [0.1, 0.15) is 11.1 Å². The molecule has 0 spiro atoms. The van der Waals surface area contributed by atoms with Crippen LogP contribution >= 0.6 is 0 Å². The highest BCUT2D eigenvalue weighted by Gasteiger charge is 2.15. The summed E-state index contributed by atoms with van der Waals surface area (Å²) >= 11 is 0. The number of ether oxygens (including phenoxy) is 2. The van der Waals surface area contributed by atoms with E-state index >= 15 is 0 Å². The molecule has 0 fully saturated rings. The van der Waals surface area contributed by atoms with E-state index in [1.165, 1.54) is 0 Å². The highest BCUT2D eigenvalue weighted by molar-refractivity contribution is 5.78. The lowest BCUT2D eigenvalue weighted by Crippen LogP contribution is -2.14. The number of hydrogen-bond acceptors (Lipinski definition) is 3. The number of carbonyl (C=O) groups is 1. The van der Waals surface area contributed by atoms with Crippen LogP contribution in [0.4, 0.5) is 4.79 Å². The number of benzene rings is 4. The molecule has 0 radical (unpaired) electrons. The molecular weight excluding hydrogens is 372 g/mol. The standard InChI is InChI=1S/C27H22O3/c1-19-9-7-11-21(17-19)23-13-3-5-15-25(23)29-27(28)30-26-16-6-4-14-24(26)22-12-8-10-20(2)18-22/h3-18H,1-2H3. The van der Waals surface area contributed by atoms with Gasteiger partial charge in [-0.3, -0.25) is 0 Å². The molecule has 0 unspecified atom stereocenters. The molecule has 0 aliphatic carbocycles. The fraction of sp³-hybridized carbons (Fsp3) is 0.0741. The number of rotatable bonds is 4. The molecule has 0 bridgehead atoms. The van der Waals surface area contributed by atoms with Crippen molar-refractivity contribution in [3.63, 3.8) is 0 Å². The quantitative estimate of drug-likeness (QED) is 0.271. The molecule has 0 atom stereocenters. The van der Waals surface area contributed by atoms with Crippen molar-refractivity contribution in [2.75, 3.05) is 0 Å². The molecule has 3 nitrogen and oxygen atoms in total. The zero-order valence-electron chi connectivity index (χ0n) is 17.0. The van der Waals surface area contributed by atoms with E-state index in [1.807, 2.05) is 86.6 Å². The predicted octanol–water partition coefficient (Wildman–Crippen LogP) is 7.22. The summed E-state index contributed by atoms with van der Waals surface area (Å²) in [5.74, 6) is 0.919. The third kappa shape index (κ3) is 4.41. The summed E-state index contributed by atoms with van der Waals surface area (Å²) in [5.41, 5.74) is 5.92. The molecule has 0 aromatic heterocycles. The van der Waals surface area contributed by atoms with Crippen LogP contribution in [0.25, 0.3) is 22.3 Å². The molecular formula is C27H22O3. The Balaban J connectivity index is 1.59. The van der Waals surface area contributed by atoms with Gasteiger partial charge in [0.1, 0.15) is 11.5 Å². The zero-order chi connectivity index (χ0) is 20.9. The molecule has 3 heteroatoms. The first-order valence-electron chi connectivity index (χ1n) is 9.82. The minimum absolute atomic E-state index is 0.459. The van der Waals surface area contributed by atoms with Crippen LogP contribution < -0.4 is 9.47 Å². The van der Waals surface area contributed by atoms with E-state index in [9.17, 15) is 4.79 Å². The monoisotopic (exact) mass is 394 g/mol. The molecule has 4 rings (SSSR count). The van der Waals surface area contributed by atoms with E-state index in [2.05, 4.69) is 12.1 Å². The zero-order valence-corrected chi connectivity index (χ0v) is 17.0. The van der Waals surface area contributed by atoms with Gasteiger partial charge in [0.25, 0.3) is 0 Å². The first-order chi connectivity index (χ1) is 14.6. The minimum Gasteiger partial charge on any atom is -0.394 e. The second kappa shape index (κ2) is 8.66. The smallest absolute Gasteiger partial charge is 0.394 e. The van der Waals surface area contributed by atoms with Crippen LogP contribution in [0, 0.1) is 13.8 Å². The van der Waals surface area contributed by atoms with E-state index in [0.717, 1.165) is 33.4 Å². The second-order valence-electron chi connectivity index (χ2n) is 7.19. The molecule has 0 heterocycles. The van der Waals surface area contributed by atoms with E-state index < -0.39 is 6.16 Å². The summed E-state index contributed by atoms with van der Waals surface area (Å²) in [6.07, 6.45) is -0.768. The highest BCUT2D eigenvalue weighted by Crippen LogP contribution is 2.33. The molecule has 0 aliphatic heterocycles. The van der Waals surface area contributed by atoms with Gasteiger partial charge in [-0.1, -0.05) is 96.1 Å². The summed E-state index contributed by atoms with van der Waals surface area (Å²) in [5, 5.41) is 0. The van der Waals surface area contributed by atoms with Crippen molar-refractivity contribution in [1.29, 1.82) is 0 Å². The molecule has 0 saturated carbocycles. The van der Waals surface area contributed by atoms with Gasteiger partial charge in [0.15, 0.2) is 0 Å². The normalized spacial score (nSPS) is 10.5. The van der Waals surface area contributed by atoms with Gasteiger partial charge in [0, 0.05) is 11.1 Å². The number of aryl methyl sites for hydroxylation is 2. The van der Waals surface area contributed by atoms with E-state index in [4.69, 9.17) is 9.47 Å². The molecule has 30 heavy (non-hydrogen) atoms. The Morgan fingerprint density at radius 3 is 1.43 bits per heavy atom. The minimum atomic E-state index is -0.768. The van der Waals surface area contributed by atoms with Gasteiger partial charge < -0.3 is 9.47 Å². The Hall–Kier alpha value is -3.85. The van der Waals surface area contributed by atoms with Gasteiger partial charge in [0.05, 0.1) is 0 Å². The van der Waals surface area contributed by atoms with Crippen LogP contribution in [-0.2, 0) is 0 Å². The van der Waals surface area contributed by atoms with E-state index in [1.54, 1.807) is 12.1 Å². The second-order valence-corrected chi connectivity index (χ2v) is 7.19. The van der Waals surface area contributed by atoms with Gasteiger partial charge in [0.2, 0.25) is 0 Å². The van der Waals surface area contributed by atoms with Gasteiger partial charge in [-0.2, -0.15) is 0 Å². The lowest BCUT2D eigenvalue weighted by molar-refractivity contribution is 0.152. The summed E-state index contributed by atoms with van der Waals surface area (Å²) in [7, 11) is 0.